The van der Waals surface area contributed by atoms with Crippen molar-refractivity contribution >= 4 is 19.8 Å². The van der Waals surface area contributed by atoms with Crippen molar-refractivity contribution in [2.45, 2.75) is 0 Å². The fraction of sp³-hybridized carbons (Fsp3) is 0. The SMILES string of the molecule is [Ga].[Mn].[Mn].[Mn]. The quantitative estimate of drug-likeness (QED) is 0.501. The first-order valence-electron chi connectivity index (χ1n) is 0. The van der Waals surface area contributed by atoms with Crippen molar-refractivity contribution < 1.29 is 51.2 Å². The maximum Gasteiger partial charge on any atom is 0 e. The fourth-order valence-corrected chi connectivity index (χ4v) is 0. The topological polar surface area (TPSA) is 0 Å². The number of hydrogen-bond donors (Lipinski definition) is 0. The second-order valence-electron chi connectivity index (χ2n) is 0. The molecule has 0 nitrogen and oxygen atoms in total. The smallest absolute Gasteiger partial charge is 0 e. The molecular weight excluding hydrogens is 235 g/mol. The maximum atomic E-state index is 0. The average molecular weight is 235 g/mol. The molecule has 24 valence electrons. The summed E-state index contributed by atoms with van der Waals surface area (Å²) in [4.78, 5) is 0. The molecule has 0 saturated carbocycles. The molecule has 0 aromatic heterocycles. The molecule has 0 aliphatic carbocycles. The van der Waals surface area contributed by atoms with E-state index in [0.29, 0.717) is 0 Å². The molecule has 0 fully saturated rings. The molecule has 0 bridgehead atoms. The fourth-order valence-electron chi connectivity index (χ4n) is 0. The van der Waals surface area contributed by atoms with Gasteiger partial charge in [0.15, 0.2) is 0 Å². The van der Waals surface area contributed by atoms with E-state index in [1.807, 2.05) is 0 Å². The Kier molecular flexibility index (Phi) is 165. The van der Waals surface area contributed by atoms with Crippen LogP contribution in [0.1, 0.15) is 0 Å². The van der Waals surface area contributed by atoms with E-state index >= 15 is 0 Å². The molecule has 6 radical (unpaired) electrons. The molecule has 0 aliphatic heterocycles. The summed E-state index contributed by atoms with van der Waals surface area (Å²) in [5.74, 6) is 0. The monoisotopic (exact) mass is 234 g/mol. The van der Waals surface area contributed by atoms with E-state index in [1.165, 1.54) is 0 Å². The van der Waals surface area contributed by atoms with Crippen LogP contribution in [0.4, 0.5) is 0 Å². The average Bonchev–Trinajstić information content (AvgIpc) is 0. The number of hydrogen-bond acceptors (Lipinski definition) is 0. The minimum absolute atomic E-state index is 0. The van der Waals surface area contributed by atoms with Crippen LogP contribution < -0.4 is 0 Å². The van der Waals surface area contributed by atoms with Crippen LogP contribution in [0.5, 0.6) is 0 Å². The Bertz CT molecular complexity index is 3.25. The van der Waals surface area contributed by atoms with E-state index in [9.17, 15) is 0 Å². The first-order valence-corrected chi connectivity index (χ1v) is 0. The minimum atomic E-state index is 0. The van der Waals surface area contributed by atoms with Gasteiger partial charge in [0.1, 0.15) is 0 Å². The zero-order valence-corrected chi connectivity index (χ0v) is 7.68. The van der Waals surface area contributed by atoms with Gasteiger partial charge in [0, 0.05) is 71.0 Å². The van der Waals surface area contributed by atoms with E-state index < -0.39 is 0 Å². The third kappa shape index (κ3) is 8.89. The van der Waals surface area contributed by atoms with Crippen molar-refractivity contribution in [2.75, 3.05) is 0 Å². The zero-order valence-electron chi connectivity index (χ0n) is 1.71. The third-order valence-electron chi connectivity index (χ3n) is 0. The molecule has 0 N–H and O–H groups in total. The summed E-state index contributed by atoms with van der Waals surface area (Å²) < 4.78 is 0. The van der Waals surface area contributed by atoms with Crippen LogP contribution in [0.2, 0.25) is 0 Å². The van der Waals surface area contributed by atoms with Gasteiger partial charge in [0.2, 0.25) is 0 Å². The van der Waals surface area contributed by atoms with Crippen molar-refractivity contribution in [1.29, 1.82) is 0 Å². The molecule has 0 aromatic carbocycles. The molecule has 0 rings (SSSR count). The number of rotatable bonds is 0. The summed E-state index contributed by atoms with van der Waals surface area (Å²) >= 11 is 0. The third-order valence-corrected chi connectivity index (χ3v) is 0. The van der Waals surface area contributed by atoms with Crippen LogP contribution in [0.15, 0.2) is 0 Å². The van der Waals surface area contributed by atoms with E-state index in [0.717, 1.165) is 0 Å². The van der Waals surface area contributed by atoms with Gasteiger partial charge in [-0.2, -0.15) is 0 Å². The zero-order chi connectivity index (χ0) is 0. The summed E-state index contributed by atoms with van der Waals surface area (Å²) in [7, 11) is 0. The summed E-state index contributed by atoms with van der Waals surface area (Å²) in [5, 5.41) is 0. The molecule has 0 aromatic rings. The molecule has 4 heavy (non-hydrogen) atoms. The van der Waals surface area contributed by atoms with Gasteiger partial charge in [0.05, 0.1) is 0 Å². The Hall–Kier alpha value is 2.19. The second kappa shape index (κ2) is 19.0. The molecule has 0 heterocycles. The van der Waals surface area contributed by atoms with Crippen molar-refractivity contribution in [2.24, 2.45) is 0 Å². The van der Waals surface area contributed by atoms with Gasteiger partial charge in [-0.3, -0.25) is 0 Å². The normalized spacial score (nSPS) is 0. The van der Waals surface area contributed by atoms with Crippen LogP contribution in [0.25, 0.3) is 0 Å². The Morgan fingerprint density at radius 3 is 0.500 bits per heavy atom. The van der Waals surface area contributed by atoms with Crippen molar-refractivity contribution in [3.05, 3.63) is 0 Å². The standard InChI is InChI=1S/Ga.3Mn. The van der Waals surface area contributed by atoms with Gasteiger partial charge in [-0.05, 0) is 0 Å². The Balaban J connectivity index is 0. The second-order valence-corrected chi connectivity index (χ2v) is 0. The van der Waals surface area contributed by atoms with Crippen LogP contribution in [0, 0.1) is 0 Å². The Labute approximate surface area is 70.3 Å². The molecule has 0 saturated heterocycles. The van der Waals surface area contributed by atoms with Crippen LogP contribution >= 0.6 is 0 Å². The summed E-state index contributed by atoms with van der Waals surface area (Å²) in [5.41, 5.74) is 0. The Morgan fingerprint density at radius 1 is 0.500 bits per heavy atom. The van der Waals surface area contributed by atoms with Crippen molar-refractivity contribution in [3.8, 4) is 0 Å². The predicted octanol–water partition coefficient (Wildman–Crippen LogP) is -0.388. The molecule has 0 aliphatic rings. The van der Waals surface area contributed by atoms with Gasteiger partial charge < -0.3 is 0 Å². The van der Waals surface area contributed by atoms with E-state index in [4.69, 9.17) is 0 Å². The molecule has 0 atom stereocenters. The van der Waals surface area contributed by atoms with Gasteiger partial charge >= 0.3 is 0 Å². The van der Waals surface area contributed by atoms with Crippen LogP contribution in [-0.2, 0) is 51.2 Å². The van der Waals surface area contributed by atoms with Crippen LogP contribution in [0.3, 0.4) is 0 Å². The first-order chi connectivity index (χ1) is 0. The van der Waals surface area contributed by atoms with Crippen molar-refractivity contribution in [1.82, 2.24) is 0 Å². The summed E-state index contributed by atoms with van der Waals surface area (Å²) in [6.07, 6.45) is 0. The summed E-state index contributed by atoms with van der Waals surface area (Å²) in [6.45, 7) is 0. The van der Waals surface area contributed by atoms with E-state index in [1.54, 1.807) is 0 Å². The largest absolute Gasteiger partial charge is 0 e. The molecular formula is GaMn3. The van der Waals surface area contributed by atoms with Crippen LogP contribution in [-0.4, -0.2) is 19.8 Å². The van der Waals surface area contributed by atoms with Gasteiger partial charge in [-0.1, -0.05) is 0 Å². The molecule has 4 heteroatoms. The Morgan fingerprint density at radius 2 is 0.500 bits per heavy atom. The summed E-state index contributed by atoms with van der Waals surface area (Å²) in [6, 6.07) is 0. The van der Waals surface area contributed by atoms with Gasteiger partial charge in [-0.25, -0.2) is 0 Å². The van der Waals surface area contributed by atoms with Gasteiger partial charge in [-0.15, -0.1) is 0 Å². The molecule has 0 spiro atoms. The maximum absolute atomic E-state index is 0. The molecule has 0 amide bonds. The van der Waals surface area contributed by atoms with E-state index in [2.05, 4.69) is 0 Å². The van der Waals surface area contributed by atoms with Crippen molar-refractivity contribution in [3.63, 3.8) is 0 Å². The van der Waals surface area contributed by atoms with E-state index in [-0.39, 0.29) is 71.0 Å². The predicted molar refractivity (Wildman–Crippen MR) is 5.75 cm³/mol. The minimum Gasteiger partial charge on any atom is 0 e. The van der Waals surface area contributed by atoms with Gasteiger partial charge in [0.25, 0.3) is 0 Å². The molecule has 0 unspecified atom stereocenters. The first kappa shape index (κ1) is 34.7.